The van der Waals surface area contributed by atoms with E-state index >= 15 is 0 Å². The molecule has 0 fully saturated rings. The lowest BCUT2D eigenvalue weighted by Gasteiger charge is -2.27. The molecule has 96 valence electrons. The first-order valence-electron chi connectivity index (χ1n) is 5.74. The van der Waals surface area contributed by atoms with Crippen molar-refractivity contribution in [2.24, 2.45) is 5.73 Å². The lowest BCUT2D eigenvalue weighted by Crippen LogP contribution is -2.32. The molecule has 3 nitrogen and oxygen atoms in total. The largest absolute Gasteiger partial charge is 0.383 e. The molecular weight excluding hydrogens is 280 g/mol. The Morgan fingerprint density at radius 1 is 1.41 bits per heavy atom. The fourth-order valence-corrected chi connectivity index (χ4v) is 2.44. The molecule has 1 rings (SSSR count). The summed E-state index contributed by atoms with van der Waals surface area (Å²) in [7, 11) is 3.79. The summed E-state index contributed by atoms with van der Waals surface area (Å²) in [5, 5.41) is 0. The van der Waals surface area contributed by atoms with Crippen molar-refractivity contribution in [3.8, 4) is 0 Å². The van der Waals surface area contributed by atoms with Crippen LogP contribution in [0.25, 0.3) is 0 Å². The van der Waals surface area contributed by atoms with Gasteiger partial charge in [-0.25, -0.2) is 0 Å². The molecule has 0 aliphatic rings. The van der Waals surface area contributed by atoms with Gasteiger partial charge in [0.05, 0.1) is 6.61 Å². The van der Waals surface area contributed by atoms with E-state index in [2.05, 4.69) is 53.0 Å². The summed E-state index contributed by atoms with van der Waals surface area (Å²) >= 11 is 3.57. The Bertz CT molecular complexity index is 368. The monoisotopic (exact) mass is 300 g/mol. The number of ether oxygens (including phenoxy) is 1. The van der Waals surface area contributed by atoms with E-state index in [1.54, 1.807) is 7.11 Å². The molecule has 0 saturated heterocycles. The molecule has 0 saturated carbocycles. The predicted octanol–water partition coefficient (Wildman–Crippen LogP) is 2.94. The first-order chi connectivity index (χ1) is 7.97. The Morgan fingerprint density at radius 2 is 2.06 bits per heavy atom. The Balaban J connectivity index is 2.89. The fraction of sp³-hybridized carbons (Fsp3) is 0.538. The van der Waals surface area contributed by atoms with Crippen molar-refractivity contribution in [2.45, 2.75) is 25.9 Å². The number of nitrogens with zero attached hydrogens (tertiary/aromatic N) is 1. The summed E-state index contributed by atoms with van der Waals surface area (Å²) in [6.07, 6.45) is 0. The number of hydrogen-bond donors (Lipinski definition) is 1. The minimum absolute atomic E-state index is 0.0418. The van der Waals surface area contributed by atoms with Crippen LogP contribution in [-0.2, 0) is 4.74 Å². The van der Waals surface area contributed by atoms with E-state index in [0.717, 1.165) is 15.7 Å². The van der Waals surface area contributed by atoms with E-state index in [-0.39, 0.29) is 6.04 Å². The Kier molecular flexibility index (Phi) is 5.43. The number of rotatable bonds is 5. The molecule has 0 amide bonds. The normalized spacial score (nSPS) is 14.5. The first kappa shape index (κ1) is 14.5. The van der Waals surface area contributed by atoms with Gasteiger partial charge in [-0.2, -0.15) is 0 Å². The first-order valence-corrected chi connectivity index (χ1v) is 6.53. The summed E-state index contributed by atoms with van der Waals surface area (Å²) in [6, 6.07) is 6.65. The van der Waals surface area contributed by atoms with Crippen molar-refractivity contribution in [3.63, 3.8) is 0 Å². The standard InChI is InChI=1S/C13H21BrN2O/c1-9(8-17-4)16(3)11-5-6-12(10(2)15)13(14)7-11/h5-7,9-10H,8,15H2,1-4H3/t9?,10-/m1/s1. The third-order valence-electron chi connectivity index (χ3n) is 2.95. The van der Waals surface area contributed by atoms with E-state index in [4.69, 9.17) is 10.5 Å². The highest BCUT2D eigenvalue weighted by atomic mass is 79.9. The van der Waals surface area contributed by atoms with Crippen LogP contribution in [0.5, 0.6) is 0 Å². The van der Waals surface area contributed by atoms with Crippen molar-refractivity contribution < 1.29 is 4.74 Å². The molecule has 0 aliphatic heterocycles. The highest BCUT2D eigenvalue weighted by Gasteiger charge is 2.12. The third kappa shape index (κ3) is 3.69. The maximum atomic E-state index is 5.88. The maximum absolute atomic E-state index is 5.88. The van der Waals surface area contributed by atoms with Gasteiger partial charge >= 0.3 is 0 Å². The zero-order valence-corrected chi connectivity index (χ0v) is 12.5. The third-order valence-corrected chi connectivity index (χ3v) is 3.64. The van der Waals surface area contributed by atoms with Crippen LogP contribution < -0.4 is 10.6 Å². The van der Waals surface area contributed by atoms with Gasteiger partial charge in [-0.3, -0.25) is 0 Å². The van der Waals surface area contributed by atoms with Gasteiger partial charge in [0.15, 0.2) is 0 Å². The van der Waals surface area contributed by atoms with Crippen molar-refractivity contribution in [1.82, 2.24) is 0 Å². The molecule has 1 aromatic carbocycles. The highest BCUT2D eigenvalue weighted by molar-refractivity contribution is 9.10. The van der Waals surface area contributed by atoms with Crippen LogP contribution >= 0.6 is 15.9 Å². The smallest absolute Gasteiger partial charge is 0.0663 e. The van der Waals surface area contributed by atoms with Crippen LogP contribution in [0, 0.1) is 0 Å². The molecule has 4 heteroatoms. The number of halogens is 1. The molecule has 0 aromatic heterocycles. The maximum Gasteiger partial charge on any atom is 0.0663 e. The number of nitrogens with two attached hydrogens (primary N) is 1. The van der Waals surface area contributed by atoms with Crippen LogP contribution in [0.1, 0.15) is 25.5 Å². The second-order valence-electron chi connectivity index (χ2n) is 4.41. The SMILES string of the molecule is COCC(C)N(C)c1ccc([C@@H](C)N)c(Br)c1. The van der Waals surface area contributed by atoms with Crippen LogP contribution in [0.15, 0.2) is 22.7 Å². The number of benzene rings is 1. The van der Waals surface area contributed by atoms with Crippen molar-refractivity contribution >= 4 is 21.6 Å². The van der Waals surface area contributed by atoms with Gasteiger partial charge in [-0.05, 0) is 31.5 Å². The van der Waals surface area contributed by atoms with Gasteiger partial charge in [0.2, 0.25) is 0 Å². The summed E-state index contributed by atoms with van der Waals surface area (Å²) in [4.78, 5) is 2.19. The van der Waals surface area contributed by atoms with E-state index in [0.29, 0.717) is 12.6 Å². The van der Waals surface area contributed by atoms with Gasteiger partial charge in [0, 0.05) is 36.4 Å². The molecule has 2 N–H and O–H groups in total. The van der Waals surface area contributed by atoms with E-state index in [1.807, 2.05) is 6.92 Å². The molecule has 0 radical (unpaired) electrons. The molecular formula is C13H21BrN2O. The quantitative estimate of drug-likeness (QED) is 0.909. The second-order valence-corrected chi connectivity index (χ2v) is 5.26. The molecule has 1 aromatic rings. The molecule has 0 bridgehead atoms. The number of anilines is 1. The Morgan fingerprint density at radius 3 is 2.53 bits per heavy atom. The summed E-state index contributed by atoms with van der Waals surface area (Å²) in [5.74, 6) is 0. The lowest BCUT2D eigenvalue weighted by molar-refractivity contribution is 0.183. The second kappa shape index (κ2) is 6.38. The van der Waals surface area contributed by atoms with Crippen LogP contribution in [0.4, 0.5) is 5.69 Å². The van der Waals surface area contributed by atoms with Crippen LogP contribution in [-0.4, -0.2) is 26.8 Å². The van der Waals surface area contributed by atoms with Gasteiger partial charge in [-0.15, -0.1) is 0 Å². The molecule has 0 aliphatic carbocycles. The summed E-state index contributed by atoms with van der Waals surface area (Å²) < 4.78 is 6.22. The molecule has 17 heavy (non-hydrogen) atoms. The molecule has 1 unspecified atom stereocenters. The van der Waals surface area contributed by atoms with Crippen molar-refractivity contribution in [3.05, 3.63) is 28.2 Å². The van der Waals surface area contributed by atoms with E-state index < -0.39 is 0 Å². The van der Waals surface area contributed by atoms with E-state index in [1.165, 1.54) is 0 Å². The van der Waals surface area contributed by atoms with Gasteiger partial charge in [0.25, 0.3) is 0 Å². The average molecular weight is 301 g/mol. The number of methoxy groups -OCH3 is 1. The Hall–Kier alpha value is -0.580. The summed E-state index contributed by atoms with van der Waals surface area (Å²) in [5.41, 5.74) is 8.17. The zero-order valence-electron chi connectivity index (χ0n) is 10.9. The molecule has 2 atom stereocenters. The molecule has 0 spiro atoms. The Labute approximate surface area is 112 Å². The van der Waals surface area contributed by atoms with Crippen molar-refractivity contribution in [2.75, 3.05) is 25.7 Å². The van der Waals surface area contributed by atoms with Crippen LogP contribution in [0.3, 0.4) is 0 Å². The summed E-state index contributed by atoms with van der Waals surface area (Å²) in [6.45, 7) is 4.83. The molecule has 0 heterocycles. The topological polar surface area (TPSA) is 38.5 Å². The van der Waals surface area contributed by atoms with E-state index in [9.17, 15) is 0 Å². The highest BCUT2D eigenvalue weighted by Crippen LogP contribution is 2.27. The average Bonchev–Trinajstić information content (AvgIpc) is 2.27. The minimum Gasteiger partial charge on any atom is -0.383 e. The van der Waals surface area contributed by atoms with Gasteiger partial charge in [-0.1, -0.05) is 22.0 Å². The predicted molar refractivity (Wildman–Crippen MR) is 76.5 cm³/mol. The van der Waals surface area contributed by atoms with Crippen LogP contribution in [0.2, 0.25) is 0 Å². The van der Waals surface area contributed by atoms with Gasteiger partial charge < -0.3 is 15.4 Å². The lowest BCUT2D eigenvalue weighted by atomic mass is 10.1. The van der Waals surface area contributed by atoms with Crippen molar-refractivity contribution in [1.29, 1.82) is 0 Å². The number of hydrogen-bond acceptors (Lipinski definition) is 3. The fourth-order valence-electron chi connectivity index (χ4n) is 1.71. The number of likely N-dealkylation sites (N-methyl/N-ethyl adjacent to an activating group) is 1. The van der Waals surface area contributed by atoms with Gasteiger partial charge in [0.1, 0.15) is 0 Å². The zero-order chi connectivity index (χ0) is 13.0. The minimum atomic E-state index is 0.0418.